The lowest BCUT2D eigenvalue weighted by Crippen LogP contribution is -2.17. The molecule has 0 fully saturated rings. The summed E-state index contributed by atoms with van der Waals surface area (Å²) in [5, 5.41) is 5.22. The molecule has 3 rings (SSSR count). The summed E-state index contributed by atoms with van der Waals surface area (Å²) in [6, 6.07) is 14.1. The molecule has 2 aromatic carbocycles. The van der Waals surface area contributed by atoms with Crippen LogP contribution in [0, 0.1) is 12.7 Å². The number of rotatable bonds is 4. The highest BCUT2D eigenvalue weighted by Gasteiger charge is 2.13. The lowest BCUT2D eigenvalue weighted by molar-refractivity contribution is 0.102. The monoisotopic (exact) mass is 383 g/mol. The lowest BCUT2D eigenvalue weighted by Gasteiger charge is -2.08. The molecule has 0 bridgehead atoms. The fraction of sp³-hybridized carbons (Fsp3) is 0.0500. The summed E-state index contributed by atoms with van der Waals surface area (Å²) in [7, 11) is 0. The van der Waals surface area contributed by atoms with E-state index >= 15 is 0 Å². The summed E-state index contributed by atoms with van der Waals surface area (Å²) in [6.45, 7) is 1.95. The van der Waals surface area contributed by atoms with Crippen LogP contribution in [0.3, 0.4) is 0 Å². The van der Waals surface area contributed by atoms with Gasteiger partial charge in [-0.25, -0.2) is 4.39 Å². The van der Waals surface area contributed by atoms with Crippen molar-refractivity contribution in [3.63, 3.8) is 0 Å². The van der Waals surface area contributed by atoms with Crippen molar-refractivity contribution < 1.29 is 14.0 Å². The first kappa shape index (κ1) is 18.5. The Balaban J connectivity index is 1.73. The number of pyridine rings is 1. The highest BCUT2D eigenvalue weighted by molar-refractivity contribution is 6.31. The van der Waals surface area contributed by atoms with Crippen LogP contribution in [0.5, 0.6) is 0 Å². The van der Waals surface area contributed by atoms with E-state index in [1.807, 2.05) is 19.1 Å². The van der Waals surface area contributed by atoms with E-state index in [9.17, 15) is 14.0 Å². The average molecular weight is 384 g/mol. The van der Waals surface area contributed by atoms with Crippen LogP contribution in [0.1, 0.15) is 26.4 Å². The van der Waals surface area contributed by atoms with E-state index in [2.05, 4.69) is 15.6 Å². The van der Waals surface area contributed by atoms with Crippen molar-refractivity contribution in [3.05, 3.63) is 88.5 Å². The largest absolute Gasteiger partial charge is 0.322 e. The minimum absolute atomic E-state index is 0.0482. The van der Waals surface area contributed by atoms with Gasteiger partial charge < -0.3 is 10.6 Å². The van der Waals surface area contributed by atoms with E-state index in [-0.39, 0.29) is 22.2 Å². The molecular weight excluding hydrogens is 369 g/mol. The van der Waals surface area contributed by atoms with E-state index in [4.69, 9.17) is 11.6 Å². The van der Waals surface area contributed by atoms with E-state index in [1.165, 1.54) is 30.5 Å². The Labute approximate surface area is 160 Å². The standard InChI is InChI=1S/C20H15ClFN3O2/c1-12-2-4-14(5-3-12)24-19(26)13-8-9-23-18(10-13)20(27)25-15-6-7-17(22)16(21)11-15/h2-11H,1H3,(H,24,26)(H,25,27). The number of nitrogens with one attached hydrogen (secondary N) is 2. The molecule has 0 saturated heterocycles. The number of hydrogen-bond acceptors (Lipinski definition) is 3. The molecule has 7 heteroatoms. The third-order valence-electron chi connectivity index (χ3n) is 3.74. The van der Waals surface area contributed by atoms with E-state index in [1.54, 1.807) is 12.1 Å². The smallest absolute Gasteiger partial charge is 0.274 e. The molecule has 3 aromatic rings. The van der Waals surface area contributed by atoms with Gasteiger partial charge in [0.15, 0.2) is 0 Å². The number of halogens is 2. The molecule has 2 N–H and O–H groups in total. The maximum absolute atomic E-state index is 13.2. The van der Waals surface area contributed by atoms with Crippen LogP contribution in [0.25, 0.3) is 0 Å². The fourth-order valence-electron chi connectivity index (χ4n) is 2.31. The van der Waals surface area contributed by atoms with Gasteiger partial charge in [0.1, 0.15) is 11.5 Å². The van der Waals surface area contributed by atoms with Crippen molar-refractivity contribution in [2.75, 3.05) is 10.6 Å². The molecule has 0 unspecified atom stereocenters. The van der Waals surface area contributed by atoms with Gasteiger partial charge in [-0.15, -0.1) is 0 Å². The molecule has 0 atom stereocenters. The minimum atomic E-state index is -0.581. The molecule has 1 heterocycles. The van der Waals surface area contributed by atoms with Gasteiger partial charge in [0.2, 0.25) is 0 Å². The zero-order valence-corrected chi connectivity index (χ0v) is 15.0. The molecule has 0 spiro atoms. The quantitative estimate of drug-likeness (QED) is 0.686. The number of carbonyl (C=O) groups is 2. The van der Waals surface area contributed by atoms with E-state index in [0.717, 1.165) is 11.6 Å². The average Bonchev–Trinajstić information content (AvgIpc) is 2.66. The number of carbonyl (C=O) groups excluding carboxylic acids is 2. The highest BCUT2D eigenvalue weighted by atomic mass is 35.5. The molecule has 0 saturated carbocycles. The van der Waals surface area contributed by atoms with Crippen LogP contribution in [-0.2, 0) is 0 Å². The number of benzene rings is 2. The second kappa shape index (κ2) is 7.97. The Morgan fingerprint density at radius 2 is 1.59 bits per heavy atom. The van der Waals surface area contributed by atoms with Crippen molar-refractivity contribution in [2.45, 2.75) is 6.92 Å². The molecule has 5 nitrogen and oxygen atoms in total. The molecule has 0 aliphatic carbocycles. The number of amides is 2. The fourth-order valence-corrected chi connectivity index (χ4v) is 2.49. The van der Waals surface area contributed by atoms with Crippen LogP contribution >= 0.6 is 11.6 Å². The van der Waals surface area contributed by atoms with Crippen molar-refractivity contribution in [1.82, 2.24) is 4.98 Å². The summed E-state index contributed by atoms with van der Waals surface area (Å²) in [5.74, 6) is -1.48. The first-order chi connectivity index (χ1) is 12.9. The van der Waals surface area contributed by atoms with Crippen molar-refractivity contribution >= 4 is 34.8 Å². The first-order valence-electron chi connectivity index (χ1n) is 8.03. The van der Waals surface area contributed by atoms with Gasteiger partial charge in [-0.2, -0.15) is 0 Å². The Bertz CT molecular complexity index is 1010. The van der Waals surface area contributed by atoms with Crippen molar-refractivity contribution in [2.24, 2.45) is 0 Å². The molecule has 0 radical (unpaired) electrons. The topological polar surface area (TPSA) is 71.1 Å². The molecular formula is C20H15ClFN3O2. The predicted molar refractivity (Wildman–Crippen MR) is 103 cm³/mol. The number of nitrogens with zero attached hydrogens (tertiary/aromatic N) is 1. The number of anilines is 2. The molecule has 1 aromatic heterocycles. The second-order valence-corrected chi connectivity index (χ2v) is 6.24. The third kappa shape index (κ3) is 4.68. The lowest BCUT2D eigenvalue weighted by atomic mass is 10.2. The molecule has 0 aliphatic rings. The number of aryl methyl sites for hydroxylation is 1. The maximum atomic E-state index is 13.2. The van der Waals surface area contributed by atoms with Crippen LogP contribution in [0.2, 0.25) is 5.02 Å². The summed E-state index contributed by atoms with van der Waals surface area (Å²) < 4.78 is 13.2. The van der Waals surface area contributed by atoms with Gasteiger partial charge in [-0.1, -0.05) is 29.3 Å². The van der Waals surface area contributed by atoms with Crippen molar-refractivity contribution in [1.29, 1.82) is 0 Å². The van der Waals surface area contributed by atoms with Gasteiger partial charge in [-0.3, -0.25) is 14.6 Å². The zero-order chi connectivity index (χ0) is 19.4. The van der Waals surface area contributed by atoms with Crippen molar-refractivity contribution in [3.8, 4) is 0 Å². The molecule has 2 amide bonds. The Kier molecular flexibility index (Phi) is 5.47. The number of hydrogen-bond donors (Lipinski definition) is 2. The summed E-state index contributed by atoms with van der Waals surface area (Å²) >= 11 is 5.70. The van der Waals surface area contributed by atoms with E-state index < -0.39 is 11.7 Å². The van der Waals surface area contributed by atoms with Gasteiger partial charge in [0.05, 0.1) is 5.02 Å². The second-order valence-electron chi connectivity index (χ2n) is 5.83. The summed E-state index contributed by atoms with van der Waals surface area (Å²) in [5.41, 5.74) is 2.38. The van der Waals surface area contributed by atoms with Crippen LogP contribution in [0.4, 0.5) is 15.8 Å². The third-order valence-corrected chi connectivity index (χ3v) is 4.03. The highest BCUT2D eigenvalue weighted by Crippen LogP contribution is 2.20. The zero-order valence-electron chi connectivity index (χ0n) is 14.3. The van der Waals surface area contributed by atoms with Gasteiger partial charge in [0, 0.05) is 23.1 Å². The Hall–Kier alpha value is -3.25. The molecule has 0 aliphatic heterocycles. The maximum Gasteiger partial charge on any atom is 0.274 e. The van der Waals surface area contributed by atoms with Gasteiger partial charge in [-0.05, 0) is 49.4 Å². The molecule has 136 valence electrons. The Morgan fingerprint density at radius 3 is 2.30 bits per heavy atom. The van der Waals surface area contributed by atoms with Gasteiger partial charge >= 0.3 is 0 Å². The predicted octanol–water partition coefficient (Wildman–Crippen LogP) is 4.69. The number of aromatic nitrogens is 1. The minimum Gasteiger partial charge on any atom is -0.322 e. The SMILES string of the molecule is Cc1ccc(NC(=O)c2ccnc(C(=O)Nc3ccc(F)c(Cl)c3)c2)cc1. The van der Waals surface area contributed by atoms with Crippen LogP contribution < -0.4 is 10.6 Å². The normalized spacial score (nSPS) is 10.3. The summed E-state index contributed by atoms with van der Waals surface area (Å²) in [4.78, 5) is 28.7. The van der Waals surface area contributed by atoms with Crippen LogP contribution in [-0.4, -0.2) is 16.8 Å². The van der Waals surface area contributed by atoms with E-state index in [0.29, 0.717) is 11.4 Å². The van der Waals surface area contributed by atoms with Gasteiger partial charge in [0.25, 0.3) is 11.8 Å². The first-order valence-corrected chi connectivity index (χ1v) is 8.40. The summed E-state index contributed by atoms with van der Waals surface area (Å²) in [6.07, 6.45) is 1.37. The Morgan fingerprint density at radius 1 is 0.926 bits per heavy atom. The molecule has 27 heavy (non-hydrogen) atoms. The van der Waals surface area contributed by atoms with Crippen LogP contribution in [0.15, 0.2) is 60.8 Å².